The van der Waals surface area contributed by atoms with Crippen molar-refractivity contribution in [2.24, 2.45) is 4.99 Å². The van der Waals surface area contributed by atoms with E-state index in [0.717, 1.165) is 70.2 Å². The summed E-state index contributed by atoms with van der Waals surface area (Å²) in [6.07, 6.45) is 3.76. The second-order valence-corrected chi connectivity index (χ2v) is 8.39. The summed E-state index contributed by atoms with van der Waals surface area (Å²) >= 11 is 5.85. The lowest BCUT2D eigenvalue weighted by molar-refractivity contribution is 0.0894. The van der Waals surface area contributed by atoms with E-state index in [4.69, 9.17) is 16.6 Å². The molecule has 1 unspecified atom stereocenters. The highest BCUT2D eigenvalue weighted by Gasteiger charge is 2.25. The van der Waals surface area contributed by atoms with Crippen LogP contribution in [-0.2, 0) is 6.42 Å². The van der Waals surface area contributed by atoms with Gasteiger partial charge in [-0.1, -0.05) is 48.0 Å². The molecule has 2 N–H and O–H groups in total. The third-order valence-corrected chi connectivity index (χ3v) is 5.81. The number of nitrogens with zero attached hydrogens (tertiary/aromatic N) is 4. The van der Waals surface area contributed by atoms with Gasteiger partial charge in [-0.15, -0.1) is 0 Å². The molecule has 1 fully saturated rings. The molecule has 0 saturated carbocycles. The van der Waals surface area contributed by atoms with Gasteiger partial charge < -0.3 is 15.5 Å². The normalized spacial score (nSPS) is 18.2. The Morgan fingerprint density at radius 3 is 2.74 bits per heavy atom. The lowest BCUT2D eigenvalue weighted by Gasteiger charge is -2.40. The standard InChI is InChI=1S/C24H35ClN6/c1-3-26-24(28-14-12-20-10-11-23(25)29-18-20)27-13-7-15-31-17-16-30(2)19-22(31)21-8-5-4-6-9-21/h4-6,8-11,18,22H,3,7,12-17,19H2,1-2H3,(H2,26,27,28). The van der Waals surface area contributed by atoms with Gasteiger partial charge in [-0.25, -0.2) is 4.98 Å². The first-order valence-corrected chi connectivity index (χ1v) is 11.6. The highest BCUT2D eigenvalue weighted by molar-refractivity contribution is 6.29. The molecule has 2 aromatic rings. The van der Waals surface area contributed by atoms with Crippen molar-refractivity contribution in [1.82, 2.24) is 25.4 Å². The summed E-state index contributed by atoms with van der Waals surface area (Å²) in [5.74, 6) is 0.877. The average Bonchev–Trinajstić information content (AvgIpc) is 2.79. The number of benzene rings is 1. The van der Waals surface area contributed by atoms with Crippen molar-refractivity contribution in [1.29, 1.82) is 0 Å². The van der Waals surface area contributed by atoms with Gasteiger partial charge in [0.25, 0.3) is 0 Å². The van der Waals surface area contributed by atoms with Gasteiger partial charge in [-0.3, -0.25) is 9.89 Å². The van der Waals surface area contributed by atoms with Crippen molar-refractivity contribution in [3.05, 3.63) is 64.9 Å². The number of aromatic nitrogens is 1. The fourth-order valence-corrected chi connectivity index (χ4v) is 4.01. The van der Waals surface area contributed by atoms with Gasteiger partial charge in [0, 0.05) is 58.1 Å². The van der Waals surface area contributed by atoms with Crippen LogP contribution < -0.4 is 10.6 Å². The zero-order valence-electron chi connectivity index (χ0n) is 18.7. The molecule has 1 aromatic heterocycles. The quantitative estimate of drug-likeness (QED) is 0.270. The maximum atomic E-state index is 5.85. The Morgan fingerprint density at radius 2 is 2.00 bits per heavy atom. The van der Waals surface area contributed by atoms with Crippen LogP contribution in [0.2, 0.25) is 5.15 Å². The van der Waals surface area contributed by atoms with Crippen LogP contribution in [0.3, 0.4) is 0 Å². The van der Waals surface area contributed by atoms with E-state index in [1.807, 2.05) is 18.3 Å². The Morgan fingerprint density at radius 1 is 1.16 bits per heavy atom. The zero-order chi connectivity index (χ0) is 21.9. The first-order chi connectivity index (χ1) is 15.2. The smallest absolute Gasteiger partial charge is 0.191 e. The molecule has 1 aromatic carbocycles. The number of hydrogen-bond acceptors (Lipinski definition) is 4. The topological polar surface area (TPSA) is 55.8 Å². The van der Waals surface area contributed by atoms with Gasteiger partial charge in [0.15, 0.2) is 5.96 Å². The fraction of sp³-hybridized carbons (Fsp3) is 0.500. The third kappa shape index (κ3) is 7.80. The van der Waals surface area contributed by atoms with Gasteiger partial charge in [-0.05, 0) is 44.0 Å². The number of piperazine rings is 1. The third-order valence-electron chi connectivity index (χ3n) is 5.59. The van der Waals surface area contributed by atoms with E-state index in [9.17, 15) is 0 Å². The van der Waals surface area contributed by atoms with Crippen LogP contribution >= 0.6 is 11.6 Å². The van der Waals surface area contributed by atoms with E-state index in [1.165, 1.54) is 5.56 Å². The first-order valence-electron chi connectivity index (χ1n) is 11.3. The van der Waals surface area contributed by atoms with Crippen LogP contribution in [0.15, 0.2) is 53.7 Å². The Hall–Kier alpha value is -2.15. The van der Waals surface area contributed by atoms with E-state index < -0.39 is 0 Å². The van der Waals surface area contributed by atoms with Crippen molar-refractivity contribution < 1.29 is 0 Å². The minimum absolute atomic E-state index is 0.461. The predicted octanol–water partition coefficient (Wildman–Crippen LogP) is 3.21. The Labute approximate surface area is 191 Å². The number of hydrogen-bond donors (Lipinski definition) is 2. The highest BCUT2D eigenvalue weighted by Crippen LogP contribution is 2.24. The summed E-state index contributed by atoms with van der Waals surface area (Å²) in [5, 5.41) is 7.29. The maximum Gasteiger partial charge on any atom is 0.191 e. The molecule has 7 heteroatoms. The number of rotatable bonds is 9. The molecule has 0 radical (unpaired) electrons. The Balaban J connectivity index is 1.46. The number of likely N-dealkylation sites (N-methyl/N-ethyl adjacent to an activating group) is 1. The largest absolute Gasteiger partial charge is 0.357 e. The first kappa shape index (κ1) is 23.5. The van der Waals surface area contributed by atoms with Crippen LogP contribution in [0.25, 0.3) is 0 Å². The van der Waals surface area contributed by atoms with E-state index >= 15 is 0 Å². The minimum Gasteiger partial charge on any atom is -0.357 e. The van der Waals surface area contributed by atoms with Crippen LogP contribution in [-0.4, -0.2) is 73.6 Å². The molecule has 2 heterocycles. The Kier molecular flexibility index (Phi) is 9.59. The molecule has 1 aliphatic rings. The maximum absolute atomic E-state index is 5.85. The molecule has 31 heavy (non-hydrogen) atoms. The van der Waals surface area contributed by atoms with E-state index in [-0.39, 0.29) is 0 Å². The molecule has 0 amide bonds. The van der Waals surface area contributed by atoms with Gasteiger partial charge in [0.05, 0.1) is 0 Å². The summed E-state index contributed by atoms with van der Waals surface area (Å²) in [6.45, 7) is 8.93. The fourth-order valence-electron chi connectivity index (χ4n) is 3.90. The number of halogens is 1. The van der Waals surface area contributed by atoms with Gasteiger partial charge in [0.2, 0.25) is 0 Å². The predicted molar refractivity (Wildman–Crippen MR) is 130 cm³/mol. The summed E-state index contributed by atoms with van der Waals surface area (Å²) in [6, 6.07) is 15.2. The number of aliphatic imine (C=N–C) groups is 1. The van der Waals surface area contributed by atoms with Gasteiger partial charge in [0.1, 0.15) is 5.15 Å². The van der Waals surface area contributed by atoms with Crippen molar-refractivity contribution in [3.8, 4) is 0 Å². The number of guanidine groups is 1. The van der Waals surface area contributed by atoms with E-state index in [1.54, 1.807) is 0 Å². The summed E-state index contributed by atoms with van der Waals surface area (Å²) in [5.41, 5.74) is 2.57. The molecular weight excluding hydrogens is 408 g/mol. The molecule has 6 nitrogen and oxygen atoms in total. The van der Waals surface area contributed by atoms with Crippen molar-refractivity contribution >= 4 is 17.6 Å². The molecule has 3 rings (SSSR count). The molecule has 0 aliphatic carbocycles. The van der Waals surface area contributed by atoms with Gasteiger partial charge >= 0.3 is 0 Å². The Bertz CT molecular complexity index is 795. The van der Waals surface area contributed by atoms with Crippen LogP contribution in [0.5, 0.6) is 0 Å². The molecule has 1 atom stereocenters. The second kappa shape index (κ2) is 12.6. The van der Waals surface area contributed by atoms with E-state index in [2.05, 4.69) is 69.7 Å². The number of pyridine rings is 1. The van der Waals surface area contributed by atoms with Gasteiger partial charge in [-0.2, -0.15) is 0 Å². The summed E-state index contributed by atoms with van der Waals surface area (Å²) in [4.78, 5) is 13.9. The summed E-state index contributed by atoms with van der Waals surface area (Å²) < 4.78 is 0. The molecule has 1 saturated heterocycles. The molecule has 1 aliphatic heterocycles. The zero-order valence-corrected chi connectivity index (χ0v) is 19.5. The monoisotopic (exact) mass is 442 g/mol. The molecule has 0 bridgehead atoms. The lowest BCUT2D eigenvalue weighted by Crippen LogP contribution is -2.47. The molecule has 168 valence electrons. The second-order valence-electron chi connectivity index (χ2n) is 8.00. The van der Waals surface area contributed by atoms with Crippen LogP contribution in [0.1, 0.15) is 30.5 Å². The lowest BCUT2D eigenvalue weighted by atomic mass is 10.0. The molecule has 0 spiro atoms. The molecular formula is C24H35ClN6. The summed E-state index contributed by atoms with van der Waals surface area (Å²) in [7, 11) is 2.21. The SMILES string of the molecule is CCNC(=NCCCN1CCN(C)CC1c1ccccc1)NCCc1ccc(Cl)nc1. The van der Waals surface area contributed by atoms with Crippen molar-refractivity contribution in [3.63, 3.8) is 0 Å². The average molecular weight is 443 g/mol. The van der Waals surface area contributed by atoms with Crippen LogP contribution in [0, 0.1) is 0 Å². The van der Waals surface area contributed by atoms with E-state index in [0.29, 0.717) is 11.2 Å². The van der Waals surface area contributed by atoms with Crippen molar-refractivity contribution in [2.45, 2.75) is 25.8 Å². The minimum atomic E-state index is 0.461. The number of nitrogens with one attached hydrogen (secondary N) is 2. The van der Waals surface area contributed by atoms with Crippen LogP contribution in [0.4, 0.5) is 0 Å². The van der Waals surface area contributed by atoms with Crippen molar-refractivity contribution in [2.75, 3.05) is 52.9 Å². The highest BCUT2D eigenvalue weighted by atomic mass is 35.5.